The number of fused-ring (bicyclic) bond motifs is 1. The monoisotopic (exact) mass is 496 g/mol. The largest absolute Gasteiger partial charge is 0.361 e. The lowest BCUT2D eigenvalue weighted by Crippen LogP contribution is -2.25. The number of anilines is 3. The van der Waals surface area contributed by atoms with Crippen molar-refractivity contribution in [2.24, 2.45) is 4.99 Å². The lowest BCUT2D eigenvalue weighted by Gasteiger charge is -2.22. The Bertz CT molecular complexity index is 1480. The van der Waals surface area contributed by atoms with Gasteiger partial charge in [-0.2, -0.15) is 0 Å². The number of rotatable bonds is 7. The molecule has 8 nitrogen and oxygen atoms in total. The van der Waals surface area contributed by atoms with Gasteiger partial charge in [0.1, 0.15) is 11.4 Å². The second-order valence-corrected chi connectivity index (χ2v) is 10.2. The van der Waals surface area contributed by atoms with Crippen molar-refractivity contribution in [2.75, 3.05) is 22.9 Å². The van der Waals surface area contributed by atoms with Crippen LogP contribution in [0.25, 0.3) is 4.85 Å². The second kappa shape index (κ2) is 9.38. The number of alkyl halides is 2. The highest BCUT2D eigenvalue weighted by Gasteiger charge is 2.23. The van der Waals surface area contributed by atoms with Crippen molar-refractivity contribution in [2.45, 2.75) is 26.2 Å². The maximum atomic E-state index is 13.4. The predicted molar refractivity (Wildman–Crippen MR) is 132 cm³/mol. The van der Waals surface area contributed by atoms with Crippen molar-refractivity contribution in [1.82, 2.24) is 9.97 Å². The van der Waals surface area contributed by atoms with E-state index in [0.717, 1.165) is 28.0 Å². The van der Waals surface area contributed by atoms with Crippen molar-refractivity contribution in [3.05, 3.63) is 76.5 Å². The predicted octanol–water partition coefficient (Wildman–Crippen LogP) is 5.34. The lowest BCUT2D eigenvalue weighted by atomic mass is 10.1. The number of hydrogen-bond donors (Lipinski definition) is 1. The van der Waals surface area contributed by atoms with E-state index < -0.39 is 16.4 Å². The van der Waals surface area contributed by atoms with E-state index in [1.807, 2.05) is 6.92 Å². The molecule has 180 valence electrons. The third-order valence-corrected chi connectivity index (χ3v) is 6.68. The number of nitrogens with zero attached hydrogens (tertiary/aromatic N) is 5. The second-order valence-electron chi connectivity index (χ2n) is 8.19. The van der Waals surface area contributed by atoms with E-state index in [2.05, 4.69) is 20.1 Å². The minimum Gasteiger partial charge on any atom is -0.361 e. The van der Waals surface area contributed by atoms with Gasteiger partial charge in [0.15, 0.2) is 0 Å². The van der Waals surface area contributed by atoms with Crippen LogP contribution in [0.2, 0.25) is 0 Å². The first-order valence-corrected chi connectivity index (χ1v) is 12.4. The maximum Gasteiger partial charge on any atom is 0.269 e. The van der Waals surface area contributed by atoms with Crippen LogP contribution in [0.1, 0.15) is 36.0 Å². The van der Waals surface area contributed by atoms with Gasteiger partial charge in [-0.1, -0.05) is 18.7 Å². The highest BCUT2D eigenvalue weighted by Crippen LogP contribution is 2.40. The van der Waals surface area contributed by atoms with E-state index in [4.69, 9.17) is 11.6 Å². The Balaban J connectivity index is 1.78. The summed E-state index contributed by atoms with van der Waals surface area (Å²) >= 11 is 0. The minimum absolute atomic E-state index is 0.0857. The molecular weight excluding hydrogens is 474 g/mol. The van der Waals surface area contributed by atoms with Crippen molar-refractivity contribution in [3.63, 3.8) is 0 Å². The van der Waals surface area contributed by atoms with E-state index in [1.54, 1.807) is 24.3 Å². The molecule has 2 aromatic heterocycles. The van der Waals surface area contributed by atoms with Crippen LogP contribution in [0.15, 0.2) is 47.5 Å². The number of hydrogen-bond acceptors (Lipinski definition) is 6. The zero-order valence-electron chi connectivity index (χ0n) is 19.2. The third-order valence-electron chi connectivity index (χ3n) is 5.49. The summed E-state index contributed by atoms with van der Waals surface area (Å²) in [6.45, 7) is 9.05. The number of sulfonamides is 1. The fourth-order valence-electron chi connectivity index (χ4n) is 3.74. The van der Waals surface area contributed by atoms with E-state index >= 15 is 0 Å². The van der Waals surface area contributed by atoms with Gasteiger partial charge in [-0.25, -0.2) is 17.2 Å². The van der Waals surface area contributed by atoms with Gasteiger partial charge in [0.25, 0.3) is 12.2 Å². The molecule has 1 N–H and O–H groups in total. The van der Waals surface area contributed by atoms with Gasteiger partial charge in [0, 0.05) is 24.7 Å². The Labute approximate surface area is 202 Å². The van der Waals surface area contributed by atoms with Gasteiger partial charge in [0.2, 0.25) is 10.0 Å². The number of aliphatic imine (C=N–C) groups is 1. The zero-order valence-corrected chi connectivity index (χ0v) is 20.1. The van der Waals surface area contributed by atoms with Crippen LogP contribution in [0.5, 0.6) is 0 Å². The molecule has 1 aromatic carbocycles. The minimum atomic E-state index is -3.71. The first kappa shape index (κ1) is 24.2. The number of pyridine rings is 2. The Morgan fingerprint density at radius 1 is 1.14 bits per heavy atom. The summed E-state index contributed by atoms with van der Waals surface area (Å²) in [5, 5.41) is 3.19. The molecule has 1 aliphatic heterocycles. The summed E-state index contributed by atoms with van der Waals surface area (Å²) in [4.78, 5) is 17.0. The molecule has 0 unspecified atom stereocenters. The summed E-state index contributed by atoms with van der Waals surface area (Å²) in [6.07, 6.45) is -0.830. The van der Waals surface area contributed by atoms with E-state index in [1.165, 1.54) is 19.2 Å². The molecule has 0 amide bonds. The smallest absolute Gasteiger partial charge is 0.269 e. The highest BCUT2D eigenvalue weighted by molar-refractivity contribution is 7.92. The van der Waals surface area contributed by atoms with Gasteiger partial charge in [0.05, 0.1) is 41.1 Å². The molecule has 0 atom stereocenters. The molecule has 0 saturated heterocycles. The maximum absolute atomic E-state index is 13.4. The molecule has 11 heteroatoms. The Hall–Kier alpha value is -3.91. The van der Waals surface area contributed by atoms with Gasteiger partial charge in [-0.3, -0.25) is 14.3 Å². The van der Waals surface area contributed by atoms with Crippen LogP contribution >= 0.6 is 0 Å². The number of aromatic nitrogens is 2. The van der Waals surface area contributed by atoms with Crippen LogP contribution in [-0.4, -0.2) is 37.4 Å². The Morgan fingerprint density at radius 3 is 2.60 bits per heavy atom. The average molecular weight is 497 g/mol. The zero-order chi connectivity index (χ0) is 25.3. The standard InChI is InChI=1S/C24H22F2N6O2S/c1-14-10-19-23(28-14)20(13-17(29-19)12-16-6-5-7-22(27-2)30-16)31-18-9-8-15(24(25)26)11-21(18)32(3)35(4,33)34/h5-9,11,13,24H,10,12H2,1,3-4H3,(H,29,31). The number of halogens is 2. The van der Waals surface area contributed by atoms with Crippen LogP contribution in [0.4, 0.5) is 37.3 Å². The third kappa shape index (κ3) is 5.27. The number of nitrogens with one attached hydrogen (secondary N) is 1. The molecular formula is C24H22F2N6O2S. The summed E-state index contributed by atoms with van der Waals surface area (Å²) < 4.78 is 52.1. The van der Waals surface area contributed by atoms with Crippen LogP contribution < -0.4 is 9.62 Å². The molecule has 0 saturated carbocycles. The topological polar surface area (TPSA) is 91.9 Å². The number of benzene rings is 1. The first-order valence-electron chi connectivity index (χ1n) is 10.6. The molecule has 4 rings (SSSR count). The van der Waals surface area contributed by atoms with Crippen LogP contribution in [0, 0.1) is 6.57 Å². The molecule has 0 spiro atoms. The first-order chi connectivity index (χ1) is 16.5. The fourth-order valence-corrected chi connectivity index (χ4v) is 4.25. The van der Waals surface area contributed by atoms with Gasteiger partial charge in [-0.05, 0) is 37.3 Å². The average Bonchev–Trinajstić information content (AvgIpc) is 3.18. The summed E-state index contributed by atoms with van der Waals surface area (Å²) in [5.41, 5.74) is 4.25. The molecule has 1 aliphatic rings. The van der Waals surface area contributed by atoms with Gasteiger partial charge >= 0.3 is 0 Å². The van der Waals surface area contributed by atoms with Crippen LogP contribution in [0.3, 0.4) is 0 Å². The van der Waals surface area contributed by atoms with E-state index in [-0.39, 0.29) is 17.1 Å². The molecule has 3 heterocycles. The van der Waals surface area contributed by atoms with Crippen molar-refractivity contribution < 1.29 is 17.2 Å². The Kier molecular flexibility index (Phi) is 6.49. The quantitative estimate of drug-likeness (QED) is 0.446. The van der Waals surface area contributed by atoms with E-state index in [0.29, 0.717) is 41.3 Å². The van der Waals surface area contributed by atoms with Gasteiger partial charge in [-0.15, -0.1) is 4.98 Å². The summed E-state index contributed by atoms with van der Waals surface area (Å²) in [6, 6.07) is 10.8. The highest BCUT2D eigenvalue weighted by atomic mass is 32.2. The summed E-state index contributed by atoms with van der Waals surface area (Å²) in [5.74, 6) is 0.286. The van der Waals surface area contributed by atoms with Crippen LogP contribution in [-0.2, 0) is 22.9 Å². The molecule has 0 radical (unpaired) electrons. The lowest BCUT2D eigenvalue weighted by molar-refractivity contribution is 0.151. The Morgan fingerprint density at radius 2 is 1.91 bits per heavy atom. The molecule has 0 bridgehead atoms. The van der Waals surface area contributed by atoms with Gasteiger partial charge < -0.3 is 10.2 Å². The van der Waals surface area contributed by atoms with Crippen molar-refractivity contribution in [1.29, 1.82) is 0 Å². The molecule has 0 aliphatic carbocycles. The SMILES string of the molecule is [C-]#[N+]c1cccc(Cc2cc(Nc3ccc(C(F)F)cc3N(C)S(C)(=O)=O)c3c(n2)CC(C)=N3)n1. The van der Waals surface area contributed by atoms with Crippen molar-refractivity contribution >= 4 is 44.3 Å². The normalized spacial score (nSPS) is 12.8. The fraction of sp³-hybridized carbons (Fsp3) is 0.250. The molecule has 35 heavy (non-hydrogen) atoms. The molecule has 3 aromatic rings. The van der Waals surface area contributed by atoms with Crippen molar-refractivity contribution in [3.8, 4) is 0 Å². The van der Waals surface area contributed by atoms with E-state index in [9.17, 15) is 17.2 Å². The molecule has 0 fully saturated rings. The summed E-state index contributed by atoms with van der Waals surface area (Å²) in [7, 11) is -2.40.